The van der Waals surface area contributed by atoms with E-state index in [1.54, 1.807) is 4.90 Å². The van der Waals surface area contributed by atoms with Crippen LogP contribution in [-0.2, 0) is 14.8 Å². The average molecular weight is 290 g/mol. The molecule has 5 nitrogen and oxygen atoms in total. The Balaban J connectivity index is 2.71. The van der Waals surface area contributed by atoms with E-state index in [1.165, 1.54) is 10.6 Å². The highest BCUT2D eigenvalue weighted by Gasteiger charge is 2.28. The van der Waals surface area contributed by atoms with Gasteiger partial charge in [-0.05, 0) is 32.1 Å². The molecule has 0 N–H and O–H groups in total. The molecule has 0 aliphatic carbocycles. The topological polar surface area (TPSA) is 57.7 Å². The van der Waals surface area contributed by atoms with E-state index in [1.807, 2.05) is 13.8 Å². The van der Waals surface area contributed by atoms with Crippen molar-refractivity contribution in [2.75, 3.05) is 25.9 Å². The number of carbonyl (C=O) groups is 1. The zero-order valence-corrected chi connectivity index (χ0v) is 13.2. The molecule has 1 rings (SSSR count). The molecule has 112 valence electrons. The van der Waals surface area contributed by atoms with Crippen molar-refractivity contribution in [3.8, 4) is 0 Å². The molecule has 6 heteroatoms. The lowest BCUT2D eigenvalue weighted by atomic mass is 10.0. The minimum Gasteiger partial charge on any atom is -0.341 e. The minimum absolute atomic E-state index is 0.0272. The molecule has 2 unspecified atom stereocenters. The average Bonchev–Trinajstić information content (AvgIpc) is 2.33. The summed E-state index contributed by atoms with van der Waals surface area (Å²) in [6.45, 7) is 7.37. The molecular formula is C13H26N2O3S. The van der Waals surface area contributed by atoms with Crippen LogP contribution >= 0.6 is 0 Å². The second-order valence-electron chi connectivity index (χ2n) is 5.65. The third kappa shape index (κ3) is 4.76. The lowest BCUT2D eigenvalue weighted by Crippen LogP contribution is -2.48. The van der Waals surface area contributed by atoms with Crippen LogP contribution in [0.2, 0.25) is 0 Å². The number of likely N-dealkylation sites (tertiary alicyclic amines) is 1. The fourth-order valence-electron chi connectivity index (χ4n) is 2.45. The van der Waals surface area contributed by atoms with Gasteiger partial charge in [-0.15, -0.1) is 0 Å². The number of piperidine rings is 1. The minimum atomic E-state index is -3.34. The summed E-state index contributed by atoms with van der Waals surface area (Å²) < 4.78 is 24.9. The van der Waals surface area contributed by atoms with E-state index in [9.17, 15) is 13.2 Å². The van der Waals surface area contributed by atoms with E-state index in [0.29, 0.717) is 12.3 Å². The molecule has 0 bridgehead atoms. The summed E-state index contributed by atoms with van der Waals surface area (Å²) in [5.41, 5.74) is 0. The summed E-state index contributed by atoms with van der Waals surface area (Å²) >= 11 is 0. The Morgan fingerprint density at radius 2 is 2.11 bits per heavy atom. The molecule has 1 amide bonds. The van der Waals surface area contributed by atoms with Gasteiger partial charge in [0.25, 0.3) is 0 Å². The maximum absolute atomic E-state index is 12.2. The van der Waals surface area contributed by atoms with E-state index >= 15 is 0 Å². The van der Waals surface area contributed by atoms with Crippen LogP contribution in [0, 0.1) is 5.92 Å². The fourth-order valence-corrected chi connectivity index (χ4v) is 3.60. The largest absolute Gasteiger partial charge is 0.341 e. The van der Waals surface area contributed by atoms with E-state index in [2.05, 4.69) is 6.92 Å². The van der Waals surface area contributed by atoms with Crippen molar-refractivity contribution in [1.82, 2.24) is 9.21 Å². The van der Waals surface area contributed by atoms with Crippen LogP contribution in [-0.4, -0.2) is 55.5 Å². The Bertz CT molecular complexity index is 408. The Morgan fingerprint density at radius 1 is 1.47 bits per heavy atom. The van der Waals surface area contributed by atoms with Crippen LogP contribution in [0.3, 0.4) is 0 Å². The first-order valence-corrected chi connectivity index (χ1v) is 8.85. The van der Waals surface area contributed by atoms with Crippen LogP contribution in [0.4, 0.5) is 0 Å². The number of hydrogen-bond acceptors (Lipinski definition) is 3. The van der Waals surface area contributed by atoms with Gasteiger partial charge in [0.05, 0.1) is 12.8 Å². The van der Waals surface area contributed by atoms with E-state index in [0.717, 1.165) is 25.9 Å². The predicted molar refractivity (Wildman–Crippen MR) is 76.3 cm³/mol. The zero-order chi connectivity index (χ0) is 14.6. The standard InChI is InChI=1S/C13H26N2O3S/c1-5-12(3)15(19(4,17)18)10-13(16)14-8-6-7-11(2)9-14/h11-12H,5-10H2,1-4H3. The van der Waals surface area contributed by atoms with E-state index < -0.39 is 10.0 Å². The Kier molecular flexibility index (Phi) is 5.80. The van der Waals surface area contributed by atoms with Crippen LogP contribution in [0.25, 0.3) is 0 Å². The molecule has 0 aromatic carbocycles. The third-order valence-electron chi connectivity index (χ3n) is 3.81. The van der Waals surface area contributed by atoms with Crippen molar-refractivity contribution in [1.29, 1.82) is 0 Å². The molecule has 1 fully saturated rings. The summed E-state index contributed by atoms with van der Waals surface area (Å²) in [6.07, 6.45) is 4.03. The Labute approximate surface area is 117 Å². The maximum atomic E-state index is 12.2. The number of rotatable bonds is 5. The number of carbonyl (C=O) groups excluding carboxylic acids is 1. The fraction of sp³-hybridized carbons (Fsp3) is 0.923. The van der Waals surface area contributed by atoms with E-state index in [-0.39, 0.29) is 18.5 Å². The first kappa shape index (κ1) is 16.4. The van der Waals surface area contributed by atoms with Crippen LogP contribution in [0.5, 0.6) is 0 Å². The molecule has 0 aromatic heterocycles. The summed E-state index contributed by atoms with van der Waals surface area (Å²) in [4.78, 5) is 14.0. The number of hydrogen-bond donors (Lipinski definition) is 0. The molecule has 1 aliphatic rings. The molecule has 0 aromatic rings. The number of nitrogens with zero attached hydrogens (tertiary/aromatic N) is 2. The SMILES string of the molecule is CCC(C)N(CC(=O)N1CCCC(C)C1)S(C)(=O)=O. The summed E-state index contributed by atoms with van der Waals surface area (Å²) in [5, 5.41) is 0. The molecule has 1 aliphatic heterocycles. The first-order valence-electron chi connectivity index (χ1n) is 7.00. The molecule has 2 atom stereocenters. The Hall–Kier alpha value is -0.620. The van der Waals surface area contributed by atoms with Crippen LogP contribution < -0.4 is 0 Å². The normalized spacial score (nSPS) is 22.6. The monoisotopic (exact) mass is 290 g/mol. The lowest BCUT2D eigenvalue weighted by molar-refractivity contribution is -0.133. The van der Waals surface area contributed by atoms with Gasteiger partial charge in [0.15, 0.2) is 0 Å². The summed E-state index contributed by atoms with van der Waals surface area (Å²) in [6, 6.07) is -0.138. The Morgan fingerprint density at radius 3 is 2.58 bits per heavy atom. The van der Waals surface area contributed by atoms with Gasteiger partial charge in [-0.1, -0.05) is 13.8 Å². The lowest BCUT2D eigenvalue weighted by Gasteiger charge is -2.33. The molecule has 0 radical (unpaired) electrons. The molecule has 0 saturated carbocycles. The van der Waals surface area contributed by atoms with Gasteiger partial charge in [0, 0.05) is 19.1 Å². The van der Waals surface area contributed by atoms with Gasteiger partial charge in [-0.3, -0.25) is 4.79 Å². The van der Waals surface area contributed by atoms with Crippen molar-refractivity contribution in [2.24, 2.45) is 5.92 Å². The van der Waals surface area contributed by atoms with Gasteiger partial charge in [-0.2, -0.15) is 4.31 Å². The quantitative estimate of drug-likeness (QED) is 0.767. The van der Waals surface area contributed by atoms with Gasteiger partial charge in [0.1, 0.15) is 0 Å². The van der Waals surface area contributed by atoms with Gasteiger partial charge in [-0.25, -0.2) is 8.42 Å². The van der Waals surface area contributed by atoms with Crippen molar-refractivity contribution in [2.45, 2.75) is 46.1 Å². The highest BCUT2D eigenvalue weighted by molar-refractivity contribution is 7.88. The van der Waals surface area contributed by atoms with Crippen LogP contribution in [0.15, 0.2) is 0 Å². The predicted octanol–water partition coefficient (Wildman–Crippen LogP) is 1.31. The zero-order valence-electron chi connectivity index (χ0n) is 12.4. The van der Waals surface area contributed by atoms with Gasteiger partial charge < -0.3 is 4.90 Å². The molecular weight excluding hydrogens is 264 g/mol. The number of amides is 1. The summed E-state index contributed by atoms with van der Waals surface area (Å²) in [7, 11) is -3.34. The van der Waals surface area contributed by atoms with E-state index in [4.69, 9.17) is 0 Å². The second kappa shape index (κ2) is 6.70. The first-order chi connectivity index (χ1) is 8.75. The van der Waals surface area contributed by atoms with Crippen molar-refractivity contribution < 1.29 is 13.2 Å². The van der Waals surface area contributed by atoms with Crippen molar-refractivity contribution in [3.05, 3.63) is 0 Å². The highest BCUT2D eigenvalue weighted by atomic mass is 32.2. The third-order valence-corrected chi connectivity index (χ3v) is 5.15. The molecule has 0 spiro atoms. The maximum Gasteiger partial charge on any atom is 0.237 e. The summed E-state index contributed by atoms with van der Waals surface area (Å²) in [5.74, 6) is 0.435. The molecule has 1 saturated heterocycles. The highest BCUT2D eigenvalue weighted by Crippen LogP contribution is 2.17. The van der Waals surface area contributed by atoms with Crippen molar-refractivity contribution in [3.63, 3.8) is 0 Å². The smallest absolute Gasteiger partial charge is 0.237 e. The number of sulfonamides is 1. The molecule has 1 heterocycles. The second-order valence-corrected chi connectivity index (χ2v) is 7.59. The van der Waals surface area contributed by atoms with Crippen LogP contribution in [0.1, 0.15) is 40.0 Å². The van der Waals surface area contributed by atoms with Crippen molar-refractivity contribution >= 4 is 15.9 Å². The van der Waals surface area contributed by atoms with Gasteiger partial charge in [0.2, 0.25) is 15.9 Å². The van der Waals surface area contributed by atoms with Gasteiger partial charge >= 0.3 is 0 Å². The molecule has 19 heavy (non-hydrogen) atoms.